The van der Waals surface area contributed by atoms with Crippen molar-refractivity contribution in [2.24, 2.45) is 23.5 Å². The minimum atomic E-state index is -4.83. The van der Waals surface area contributed by atoms with Gasteiger partial charge in [-0.2, -0.15) is 18.6 Å². The molecule has 0 aliphatic carbocycles. The summed E-state index contributed by atoms with van der Waals surface area (Å²) in [6.07, 6.45) is 1.51. The summed E-state index contributed by atoms with van der Waals surface area (Å²) in [4.78, 5) is 17.7. The summed E-state index contributed by atoms with van der Waals surface area (Å²) in [6.45, 7) is 0.255. The van der Waals surface area contributed by atoms with Crippen molar-refractivity contribution in [3.8, 4) is 0 Å². The summed E-state index contributed by atoms with van der Waals surface area (Å²) in [5, 5.41) is 4.74. The van der Waals surface area contributed by atoms with E-state index in [1.165, 1.54) is 11.1 Å². The first-order valence-electron chi connectivity index (χ1n) is 6.53. The minimum Gasteiger partial charge on any atom is -0.370 e. The van der Waals surface area contributed by atoms with Crippen LogP contribution in [0.4, 0.5) is 4.79 Å². The zero-order valence-corrected chi connectivity index (χ0v) is 12.8. The van der Waals surface area contributed by atoms with Crippen molar-refractivity contribution in [2.75, 3.05) is 13.1 Å². The first-order chi connectivity index (χ1) is 10.7. The third-order valence-electron chi connectivity index (χ3n) is 3.77. The van der Waals surface area contributed by atoms with Crippen molar-refractivity contribution in [3.05, 3.63) is 17.5 Å². The average molecular weight is 345 g/mol. The van der Waals surface area contributed by atoms with E-state index in [4.69, 9.17) is 16.0 Å². The Balaban J connectivity index is 2.03. The fraction of sp³-hybridized carbons (Fsp3) is 0.500. The number of aryl methyl sites for hydroxylation is 1. The Bertz CT molecular complexity index is 784. The lowest BCUT2D eigenvalue weighted by Crippen LogP contribution is -2.37. The van der Waals surface area contributed by atoms with E-state index in [2.05, 4.69) is 14.4 Å². The van der Waals surface area contributed by atoms with E-state index in [1.807, 2.05) is 0 Å². The maximum atomic E-state index is 12.4. The molecule has 0 spiro atoms. The number of hydrogen-bond acceptors (Lipinski definition) is 6. The molecule has 5 N–H and O–H groups in total. The van der Waals surface area contributed by atoms with Crippen molar-refractivity contribution < 1.29 is 22.0 Å². The number of carbonyl (C=O) groups is 1. The molecule has 0 radical (unpaired) electrons. The lowest BCUT2D eigenvalue weighted by atomic mass is 9.98. The second-order valence-electron chi connectivity index (χ2n) is 5.17. The number of nitrogens with two attached hydrogens (primary N) is 2. The Labute approximate surface area is 131 Å². The molecule has 2 aliphatic heterocycles. The molecule has 0 unspecified atom stereocenters. The number of urea groups is 1. The van der Waals surface area contributed by atoms with E-state index in [-0.39, 0.29) is 19.0 Å². The lowest BCUT2D eigenvalue weighted by molar-refractivity contribution is -0.0317. The van der Waals surface area contributed by atoms with Crippen molar-refractivity contribution >= 4 is 22.4 Å². The fourth-order valence-electron chi connectivity index (χ4n) is 2.92. The number of hydroxylamine groups is 2. The van der Waals surface area contributed by atoms with Crippen LogP contribution in [0, 0.1) is 0 Å². The van der Waals surface area contributed by atoms with Gasteiger partial charge in [0.2, 0.25) is 0 Å². The molecule has 1 fully saturated rings. The zero-order valence-electron chi connectivity index (χ0n) is 12.0. The Hall–Kier alpha value is -2.38. The molecule has 2 bridgehead atoms. The maximum Gasteiger partial charge on any atom is 0.418 e. The molecule has 2 aliphatic rings. The van der Waals surface area contributed by atoms with Gasteiger partial charge in [0.15, 0.2) is 5.96 Å². The molecule has 0 saturated carbocycles. The molecule has 2 amide bonds. The van der Waals surface area contributed by atoms with Crippen LogP contribution in [0.2, 0.25) is 0 Å². The molecule has 1 aromatic rings. The van der Waals surface area contributed by atoms with Gasteiger partial charge < -0.3 is 16.4 Å². The van der Waals surface area contributed by atoms with Gasteiger partial charge >= 0.3 is 16.4 Å². The van der Waals surface area contributed by atoms with Crippen molar-refractivity contribution in [3.63, 3.8) is 0 Å². The maximum absolute atomic E-state index is 12.4. The molecule has 3 rings (SSSR count). The predicted molar refractivity (Wildman–Crippen MR) is 75.9 cm³/mol. The van der Waals surface area contributed by atoms with Crippen molar-refractivity contribution in [1.29, 1.82) is 0 Å². The number of amides is 2. The molecule has 13 heteroatoms. The molecule has 126 valence electrons. The summed E-state index contributed by atoms with van der Waals surface area (Å²) < 4.78 is 36.8. The molecular formula is C10H15N7O5S. The monoisotopic (exact) mass is 345 g/mol. The van der Waals surface area contributed by atoms with Gasteiger partial charge in [-0.25, -0.2) is 4.79 Å². The second kappa shape index (κ2) is 5.07. The summed E-state index contributed by atoms with van der Waals surface area (Å²) in [6, 6.07) is -1.94. The van der Waals surface area contributed by atoms with Crippen LogP contribution in [0.25, 0.3) is 0 Å². The Morgan fingerprint density at radius 2 is 2.26 bits per heavy atom. The highest BCUT2D eigenvalue weighted by Gasteiger charge is 2.51. The first kappa shape index (κ1) is 15.5. The van der Waals surface area contributed by atoms with E-state index in [0.717, 1.165) is 0 Å². The smallest absolute Gasteiger partial charge is 0.370 e. The number of aromatic nitrogens is 2. The van der Waals surface area contributed by atoms with Crippen molar-refractivity contribution in [2.45, 2.75) is 12.1 Å². The number of fused-ring (bicyclic) bond motifs is 4. The highest BCUT2D eigenvalue weighted by molar-refractivity contribution is 7.80. The van der Waals surface area contributed by atoms with Gasteiger partial charge in [0.25, 0.3) is 0 Å². The molecule has 23 heavy (non-hydrogen) atoms. The largest absolute Gasteiger partial charge is 0.418 e. The fourth-order valence-corrected chi connectivity index (χ4v) is 3.29. The van der Waals surface area contributed by atoms with Gasteiger partial charge in [-0.1, -0.05) is 0 Å². The van der Waals surface area contributed by atoms with Crippen LogP contribution in [0.5, 0.6) is 0 Å². The number of hydrogen-bond donors (Lipinski definition) is 3. The summed E-state index contributed by atoms with van der Waals surface area (Å²) in [7, 11) is -3.15. The van der Waals surface area contributed by atoms with Crippen LogP contribution in [0.1, 0.15) is 23.3 Å². The number of aliphatic imine (C=N–C) groups is 1. The van der Waals surface area contributed by atoms with Gasteiger partial charge in [-0.05, 0) is 0 Å². The first-order valence-corrected chi connectivity index (χ1v) is 7.89. The molecule has 3 heterocycles. The summed E-state index contributed by atoms with van der Waals surface area (Å²) in [5.74, 6) is -0.131. The van der Waals surface area contributed by atoms with Crippen LogP contribution in [0.3, 0.4) is 0 Å². The number of rotatable bonds is 4. The number of nitrogens with zero attached hydrogens (tertiary/aromatic N) is 5. The van der Waals surface area contributed by atoms with Gasteiger partial charge in [-0.15, -0.1) is 4.28 Å². The van der Waals surface area contributed by atoms with Crippen LogP contribution >= 0.6 is 0 Å². The van der Waals surface area contributed by atoms with Crippen LogP contribution in [-0.2, 0) is 21.7 Å². The van der Waals surface area contributed by atoms with E-state index in [1.54, 1.807) is 11.7 Å². The minimum absolute atomic E-state index is 0.0903. The average Bonchev–Trinajstić information content (AvgIpc) is 2.93. The molecule has 1 saturated heterocycles. The molecule has 12 nitrogen and oxygen atoms in total. The zero-order chi connectivity index (χ0) is 16.9. The normalized spacial score (nSPS) is 23.1. The SMILES string of the molecule is Cn1ncc2c1[C@@H](CN=C(N)N)N1C[C@H]2N(OS(=O)(=O)O)C1=O. The third-order valence-corrected chi connectivity index (χ3v) is 4.12. The Kier molecular flexibility index (Phi) is 3.42. The van der Waals surface area contributed by atoms with E-state index in [0.29, 0.717) is 16.3 Å². The highest BCUT2D eigenvalue weighted by atomic mass is 32.3. The lowest BCUT2D eigenvalue weighted by Gasteiger charge is -2.30. The molecule has 2 atom stereocenters. The topological polar surface area (TPSA) is 169 Å². The highest BCUT2D eigenvalue weighted by Crippen LogP contribution is 2.43. The number of guanidine groups is 1. The third kappa shape index (κ3) is 2.58. The van der Waals surface area contributed by atoms with Crippen LogP contribution in [-0.4, -0.2) is 57.8 Å². The van der Waals surface area contributed by atoms with Crippen LogP contribution < -0.4 is 11.5 Å². The van der Waals surface area contributed by atoms with Crippen molar-refractivity contribution in [1.82, 2.24) is 19.7 Å². The van der Waals surface area contributed by atoms with E-state index < -0.39 is 28.5 Å². The van der Waals surface area contributed by atoms with Gasteiger partial charge in [0.1, 0.15) is 6.04 Å². The van der Waals surface area contributed by atoms with E-state index >= 15 is 0 Å². The molecule has 1 aromatic heterocycles. The molecular weight excluding hydrogens is 330 g/mol. The second-order valence-corrected chi connectivity index (χ2v) is 6.17. The predicted octanol–water partition coefficient (Wildman–Crippen LogP) is -1.74. The van der Waals surface area contributed by atoms with Gasteiger partial charge in [0.05, 0.1) is 31.0 Å². The summed E-state index contributed by atoms with van der Waals surface area (Å²) >= 11 is 0. The van der Waals surface area contributed by atoms with Crippen LogP contribution in [0.15, 0.2) is 11.2 Å². The Morgan fingerprint density at radius 1 is 1.57 bits per heavy atom. The van der Waals surface area contributed by atoms with Gasteiger partial charge in [-0.3, -0.25) is 14.2 Å². The Morgan fingerprint density at radius 3 is 2.87 bits per heavy atom. The quantitative estimate of drug-likeness (QED) is 0.328. The van der Waals surface area contributed by atoms with Gasteiger partial charge in [0, 0.05) is 12.6 Å². The number of carbonyl (C=O) groups excluding carboxylic acids is 1. The molecule has 0 aromatic carbocycles. The van der Waals surface area contributed by atoms with E-state index in [9.17, 15) is 13.2 Å². The summed E-state index contributed by atoms with van der Waals surface area (Å²) in [5.41, 5.74) is 12.0. The standard InChI is InChI=1S/C10H15N7O5S/c1-15-8-5(2-14-15)7-4-16(6(8)3-13-9(11)12)10(18)17(7)22-23(19,20)21/h2,6-7H,3-4H2,1H3,(H4,11,12,13)(H,19,20,21)/t6-,7-/m1/s1.